The molecule has 0 radical (unpaired) electrons. The number of carbonyl (C=O) groups is 1. The lowest BCUT2D eigenvalue weighted by molar-refractivity contribution is -0.173. The third-order valence-corrected chi connectivity index (χ3v) is 4.71. The maximum Gasteiger partial charge on any atom is 0.410 e. The molecule has 2 N–H and O–H groups in total. The van der Waals surface area contributed by atoms with E-state index in [2.05, 4.69) is 15.7 Å². The van der Waals surface area contributed by atoms with Crippen molar-refractivity contribution in [3.63, 3.8) is 0 Å². The molecule has 1 aliphatic heterocycles. The third kappa shape index (κ3) is 4.10. The summed E-state index contributed by atoms with van der Waals surface area (Å²) in [6.45, 7) is 3.54. The van der Waals surface area contributed by atoms with E-state index >= 15 is 0 Å². The number of hydrogen-bond donors (Lipinski definition) is 2. The third-order valence-electron chi connectivity index (χ3n) is 4.71. The Morgan fingerprint density at radius 1 is 1.28 bits per heavy atom. The average Bonchev–Trinajstić information content (AvgIpc) is 3.09. The van der Waals surface area contributed by atoms with Gasteiger partial charge in [0, 0.05) is 12.5 Å². The second-order valence-electron chi connectivity index (χ2n) is 7.08. The number of ether oxygens (including phenoxy) is 2. The standard InChI is InChI=1S/C19H23F3N4O3/c1-10(2)24-18(27)12-9-23-26-16(19(20,21)22)8-13(25-17(12)26)11-5-6-14(28-3)15(7-11)29-4/h5-7,9-10,13,16,25H,8H2,1-4H3,(H,24,27)/t13-,16+/m1/s1. The number of methoxy groups -OCH3 is 2. The molecule has 0 bridgehead atoms. The molecule has 2 aromatic rings. The van der Waals surface area contributed by atoms with E-state index in [9.17, 15) is 18.0 Å². The van der Waals surface area contributed by atoms with E-state index in [1.165, 1.54) is 14.2 Å². The zero-order chi connectivity index (χ0) is 21.3. The summed E-state index contributed by atoms with van der Waals surface area (Å²) in [4.78, 5) is 12.4. The molecule has 1 amide bonds. The van der Waals surface area contributed by atoms with Crippen LogP contribution in [-0.2, 0) is 0 Å². The fourth-order valence-corrected chi connectivity index (χ4v) is 3.36. The minimum Gasteiger partial charge on any atom is -0.493 e. The molecule has 0 saturated carbocycles. The van der Waals surface area contributed by atoms with Gasteiger partial charge in [-0.05, 0) is 31.5 Å². The van der Waals surface area contributed by atoms with E-state index < -0.39 is 24.2 Å². The molecule has 0 saturated heterocycles. The Kier molecular flexibility index (Phi) is 5.63. The number of carbonyl (C=O) groups excluding carboxylic acids is 1. The zero-order valence-electron chi connectivity index (χ0n) is 16.5. The summed E-state index contributed by atoms with van der Waals surface area (Å²) in [7, 11) is 2.94. The Morgan fingerprint density at radius 2 is 1.97 bits per heavy atom. The van der Waals surface area contributed by atoms with E-state index in [0.717, 1.165) is 10.9 Å². The normalized spacial score (nSPS) is 18.8. The van der Waals surface area contributed by atoms with Crippen LogP contribution in [0.2, 0.25) is 0 Å². The Labute approximate surface area is 166 Å². The van der Waals surface area contributed by atoms with Gasteiger partial charge in [-0.15, -0.1) is 0 Å². The van der Waals surface area contributed by atoms with Gasteiger partial charge >= 0.3 is 6.18 Å². The van der Waals surface area contributed by atoms with Gasteiger partial charge in [0.05, 0.1) is 26.5 Å². The van der Waals surface area contributed by atoms with Crippen molar-refractivity contribution in [1.82, 2.24) is 15.1 Å². The highest BCUT2D eigenvalue weighted by Gasteiger charge is 2.47. The maximum atomic E-state index is 13.8. The maximum absolute atomic E-state index is 13.8. The smallest absolute Gasteiger partial charge is 0.410 e. The number of anilines is 1. The number of amides is 1. The lowest BCUT2D eigenvalue weighted by Crippen LogP contribution is -2.37. The van der Waals surface area contributed by atoms with Gasteiger partial charge in [-0.25, -0.2) is 4.68 Å². The van der Waals surface area contributed by atoms with Crippen LogP contribution in [0, 0.1) is 0 Å². The van der Waals surface area contributed by atoms with Crippen molar-refractivity contribution in [3.8, 4) is 11.5 Å². The summed E-state index contributed by atoms with van der Waals surface area (Å²) < 4.78 is 52.6. The van der Waals surface area contributed by atoms with Crippen LogP contribution in [-0.4, -0.2) is 42.1 Å². The predicted molar refractivity (Wildman–Crippen MR) is 100 cm³/mol. The fourth-order valence-electron chi connectivity index (χ4n) is 3.36. The number of rotatable bonds is 5. The molecule has 0 spiro atoms. The number of benzene rings is 1. The molecule has 1 aromatic heterocycles. The van der Waals surface area contributed by atoms with Gasteiger partial charge in [-0.3, -0.25) is 4.79 Å². The lowest BCUT2D eigenvalue weighted by Gasteiger charge is -2.34. The highest BCUT2D eigenvalue weighted by atomic mass is 19.4. The minimum atomic E-state index is -4.52. The van der Waals surface area contributed by atoms with Gasteiger partial charge in [0.1, 0.15) is 11.4 Å². The van der Waals surface area contributed by atoms with Crippen molar-refractivity contribution in [3.05, 3.63) is 35.5 Å². The number of halogens is 3. The molecule has 3 rings (SSSR count). The van der Waals surface area contributed by atoms with E-state index in [4.69, 9.17) is 9.47 Å². The molecular formula is C19H23F3N4O3. The Morgan fingerprint density at radius 3 is 2.55 bits per heavy atom. The van der Waals surface area contributed by atoms with Gasteiger partial charge in [-0.1, -0.05) is 6.07 Å². The first kappa shape index (κ1) is 20.8. The lowest BCUT2D eigenvalue weighted by atomic mass is 9.96. The van der Waals surface area contributed by atoms with Crippen LogP contribution in [0.1, 0.15) is 48.3 Å². The van der Waals surface area contributed by atoms with E-state index in [0.29, 0.717) is 17.1 Å². The van der Waals surface area contributed by atoms with Gasteiger partial charge in [0.2, 0.25) is 0 Å². The van der Waals surface area contributed by atoms with Crippen LogP contribution >= 0.6 is 0 Å². The minimum absolute atomic E-state index is 0.0384. The van der Waals surface area contributed by atoms with Gasteiger partial charge in [-0.2, -0.15) is 18.3 Å². The Balaban J connectivity index is 2.03. The van der Waals surface area contributed by atoms with Crippen LogP contribution in [0.15, 0.2) is 24.4 Å². The number of fused-ring (bicyclic) bond motifs is 1. The molecule has 2 atom stereocenters. The van der Waals surface area contributed by atoms with Crippen LogP contribution in [0.25, 0.3) is 0 Å². The molecule has 10 heteroatoms. The molecule has 0 fully saturated rings. The number of aromatic nitrogens is 2. The summed E-state index contributed by atoms with van der Waals surface area (Å²) in [5.74, 6) is 0.438. The Hall–Kier alpha value is -2.91. The molecule has 1 aromatic carbocycles. The molecule has 2 heterocycles. The fraction of sp³-hybridized carbons (Fsp3) is 0.474. The first-order valence-corrected chi connectivity index (χ1v) is 9.09. The van der Waals surface area contributed by atoms with Gasteiger partial charge in [0.25, 0.3) is 5.91 Å². The summed E-state index contributed by atoms with van der Waals surface area (Å²) in [6.07, 6.45) is -3.64. The quantitative estimate of drug-likeness (QED) is 0.783. The Bertz CT molecular complexity index is 895. The highest BCUT2D eigenvalue weighted by molar-refractivity contribution is 5.99. The van der Waals surface area contributed by atoms with Crippen molar-refractivity contribution in [2.45, 2.75) is 44.6 Å². The van der Waals surface area contributed by atoms with Crippen molar-refractivity contribution >= 4 is 11.7 Å². The molecule has 29 heavy (non-hydrogen) atoms. The molecule has 1 aliphatic rings. The van der Waals surface area contributed by atoms with Crippen molar-refractivity contribution in [2.24, 2.45) is 0 Å². The van der Waals surface area contributed by atoms with Gasteiger partial charge in [0.15, 0.2) is 17.5 Å². The van der Waals surface area contributed by atoms with Crippen LogP contribution in [0.3, 0.4) is 0 Å². The summed E-state index contributed by atoms with van der Waals surface area (Å²) in [5, 5.41) is 9.59. The summed E-state index contributed by atoms with van der Waals surface area (Å²) in [5.41, 5.74) is 0.651. The number of alkyl halides is 3. The van der Waals surface area contributed by atoms with E-state index in [1.54, 1.807) is 32.0 Å². The number of nitrogens with one attached hydrogen (secondary N) is 2. The van der Waals surface area contributed by atoms with Crippen molar-refractivity contribution in [1.29, 1.82) is 0 Å². The second kappa shape index (κ2) is 7.84. The average molecular weight is 412 g/mol. The SMILES string of the molecule is COc1ccc([C@H]2C[C@@H](C(F)(F)F)n3ncc(C(=O)NC(C)C)c3N2)cc1OC. The first-order chi connectivity index (χ1) is 13.7. The molecule has 158 valence electrons. The number of nitrogens with zero attached hydrogens (tertiary/aromatic N) is 2. The first-order valence-electron chi connectivity index (χ1n) is 9.09. The summed E-state index contributed by atoms with van der Waals surface area (Å²) >= 11 is 0. The topological polar surface area (TPSA) is 77.4 Å². The predicted octanol–water partition coefficient (Wildman–Crippen LogP) is 3.70. The molecule has 0 unspecified atom stereocenters. The van der Waals surface area contributed by atoms with Crippen LogP contribution in [0.4, 0.5) is 19.0 Å². The highest BCUT2D eigenvalue weighted by Crippen LogP contribution is 2.45. The molecule has 0 aliphatic carbocycles. The van der Waals surface area contributed by atoms with Crippen molar-refractivity contribution in [2.75, 3.05) is 19.5 Å². The van der Waals surface area contributed by atoms with Gasteiger partial charge < -0.3 is 20.1 Å². The summed E-state index contributed by atoms with van der Waals surface area (Å²) in [6, 6.07) is 2.21. The van der Waals surface area contributed by atoms with Crippen LogP contribution in [0.5, 0.6) is 11.5 Å². The van der Waals surface area contributed by atoms with Crippen molar-refractivity contribution < 1.29 is 27.4 Å². The molecular weight excluding hydrogens is 389 g/mol. The van der Waals surface area contributed by atoms with E-state index in [-0.39, 0.29) is 23.8 Å². The largest absolute Gasteiger partial charge is 0.493 e. The monoisotopic (exact) mass is 412 g/mol. The van der Waals surface area contributed by atoms with E-state index in [1.807, 2.05) is 0 Å². The second-order valence-corrected chi connectivity index (χ2v) is 7.08. The molecule has 7 nitrogen and oxygen atoms in total. The number of hydrogen-bond acceptors (Lipinski definition) is 5. The van der Waals surface area contributed by atoms with Crippen LogP contribution < -0.4 is 20.1 Å². The zero-order valence-corrected chi connectivity index (χ0v) is 16.5.